The lowest BCUT2D eigenvalue weighted by molar-refractivity contribution is 0.443. The van der Waals surface area contributed by atoms with E-state index in [1.165, 1.54) is 65.5 Å². The Morgan fingerprint density at radius 1 is 0.679 bits per heavy atom. The molecule has 0 amide bonds. The van der Waals surface area contributed by atoms with Crippen LogP contribution in [0.3, 0.4) is 0 Å². The van der Waals surface area contributed by atoms with E-state index in [-0.39, 0.29) is 0 Å². The van der Waals surface area contributed by atoms with Gasteiger partial charge in [0.05, 0.1) is 6.04 Å². The van der Waals surface area contributed by atoms with Gasteiger partial charge in [-0.25, -0.2) is 4.99 Å². The lowest BCUT2D eigenvalue weighted by atomic mass is 9.96. The molecule has 2 aromatic carbocycles. The summed E-state index contributed by atoms with van der Waals surface area (Å²) in [5, 5.41) is 7.29. The van der Waals surface area contributed by atoms with Crippen molar-refractivity contribution in [2.45, 2.75) is 79.7 Å². The molecule has 1 aliphatic rings. The summed E-state index contributed by atoms with van der Waals surface area (Å²) in [4.78, 5) is 5.13. The van der Waals surface area contributed by atoms with Crippen LogP contribution in [0, 0.1) is 41.5 Å². The fourth-order valence-electron chi connectivity index (χ4n) is 4.48. The van der Waals surface area contributed by atoms with Crippen molar-refractivity contribution >= 4 is 17.3 Å². The minimum Gasteiger partial charge on any atom is -0.326 e. The Morgan fingerprint density at radius 3 is 1.46 bits per heavy atom. The number of aryl methyl sites for hydroxylation is 6. The van der Waals surface area contributed by atoms with Gasteiger partial charge in [0.15, 0.2) is 0 Å². The van der Waals surface area contributed by atoms with E-state index in [4.69, 9.17) is 4.99 Å². The molecule has 3 heteroatoms. The van der Waals surface area contributed by atoms with Gasteiger partial charge in [0.1, 0.15) is 0 Å². The number of benzene rings is 2. The molecule has 1 saturated carbocycles. The molecule has 0 radical (unpaired) electrons. The van der Waals surface area contributed by atoms with Crippen molar-refractivity contribution in [3.63, 3.8) is 0 Å². The summed E-state index contributed by atoms with van der Waals surface area (Å²) >= 11 is 0. The molecule has 0 unspecified atom stereocenters. The maximum absolute atomic E-state index is 5.13. The van der Waals surface area contributed by atoms with Gasteiger partial charge in [-0.1, -0.05) is 54.7 Å². The van der Waals surface area contributed by atoms with E-state index in [0.717, 1.165) is 17.3 Å². The highest BCUT2D eigenvalue weighted by Crippen LogP contribution is 2.26. The number of aliphatic imine (C=N–C) groups is 1. The smallest absolute Gasteiger partial charge is 0.200 e. The van der Waals surface area contributed by atoms with E-state index in [9.17, 15) is 0 Å². The third-order valence-corrected chi connectivity index (χ3v) is 5.73. The lowest BCUT2D eigenvalue weighted by Gasteiger charge is -2.23. The average Bonchev–Trinajstić information content (AvgIpc) is 2.61. The van der Waals surface area contributed by atoms with Gasteiger partial charge in [-0.15, -0.1) is 0 Å². The SMILES string of the molecule is Cc1cc(C)c(NC(=NC2CCCCC2)Nc2c(C)cc(C)cc2C)c(C)c1. The number of rotatable bonds is 3. The number of hydrogen-bond donors (Lipinski definition) is 2. The standard InChI is InChI=1S/C25H35N3/c1-16-12-18(3)23(19(4)13-16)27-25(26-22-10-8-7-9-11-22)28-24-20(5)14-17(2)15-21(24)6/h12-15,22H,7-11H2,1-6H3,(H2,26,27,28). The van der Waals surface area contributed by atoms with Crippen LogP contribution in [-0.4, -0.2) is 12.0 Å². The molecule has 0 atom stereocenters. The van der Waals surface area contributed by atoms with Gasteiger partial charge in [-0.3, -0.25) is 0 Å². The number of nitrogens with one attached hydrogen (secondary N) is 2. The maximum atomic E-state index is 5.13. The molecule has 0 saturated heterocycles. The lowest BCUT2D eigenvalue weighted by Crippen LogP contribution is -2.27. The van der Waals surface area contributed by atoms with Gasteiger partial charge in [0, 0.05) is 11.4 Å². The van der Waals surface area contributed by atoms with Gasteiger partial charge >= 0.3 is 0 Å². The van der Waals surface area contributed by atoms with Gasteiger partial charge in [0.25, 0.3) is 0 Å². The summed E-state index contributed by atoms with van der Waals surface area (Å²) in [5.41, 5.74) is 9.95. The Hall–Kier alpha value is -2.29. The fourth-order valence-corrected chi connectivity index (χ4v) is 4.48. The monoisotopic (exact) mass is 377 g/mol. The highest BCUT2D eigenvalue weighted by atomic mass is 15.2. The van der Waals surface area contributed by atoms with E-state index in [1.807, 2.05) is 0 Å². The van der Waals surface area contributed by atoms with Gasteiger partial charge in [-0.2, -0.15) is 0 Å². The molecule has 0 aliphatic heterocycles. The zero-order valence-corrected chi connectivity index (χ0v) is 18.4. The van der Waals surface area contributed by atoms with Crippen LogP contribution >= 0.6 is 0 Å². The number of hydrogen-bond acceptors (Lipinski definition) is 1. The number of nitrogens with zero attached hydrogens (tertiary/aromatic N) is 1. The Labute approximate surface area is 170 Å². The molecular weight excluding hydrogens is 342 g/mol. The van der Waals surface area contributed by atoms with Gasteiger partial charge in [0.2, 0.25) is 5.96 Å². The van der Waals surface area contributed by atoms with Crippen molar-refractivity contribution in [3.05, 3.63) is 57.6 Å². The number of anilines is 2. The summed E-state index contributed by atoms with van der Waals surface area (Å²) in [6.07, 6.45) is 6.28. The Bertz CT molecular complexity index is 766. The van der Waals surface area contributed by atoms with E-state index in [0.29, 0.717) is 6.04 Å². The second-order valence-electron chi connectivity index (χ2n) is 8.57. The van der Waals surface area contributed by atoms with Crippen LogP contribution in [-0.2, 0) is 0 Å². The molecule has 150 valence electrons. The molecule has 0 spiro atoms. The van der Waals surface area contributed by atoms with Crippen molar-refractivity contribution < 1.29 is 0 Å². The molecule has 3 rings (SSSR count). The van der Waals surface area contributed by atoms with Crippen molar-refractivity contribution in [3.8, 4) is 0 Å². The van der Waals surface area contributed by atoms with E-state index < -0.39 is 0 Å². The minimum atomic E-state index is 0.404. The van der Waals surface area contributed by atoms with Gasteiger partial charge in [-0.05, 0) is 76.6 Å². The molecule has 2 N–H and O–H groups in total. The van der Waals surface area contributed by atoms with E-state index in [1.54, 1.807) is 0 Å². The predicted octanol–water partition coefficient (Wildman–Crippen LogP) is 6.75. The first-order chi connectivity index (χ1) is 13.3. The third-order valence-electron chi connectivity index (χ3n) is 5.73. The minimum absolute atomic E-state index is 0.404. The quantitative estimate of drug-likeness (QED) is 0.458. The summed E-state index contributed by atoms with van der Waals surface area (Å²) < 4.78 is 0. The van der Waals surface area contributed by atoms with Crippen LogP contribution < -0.4 is 10.6 Å². The van der Waals surface area contributed by atoms with E-state index >= 15 is 0 Å². The van der Waals surface area contributed by atoms with Gasteiger partial charge < -0.3 is 10.6 Å². The Balaban J connectivity index is 1.95. The highest BCUT2D eigenvalue weighted by molar-refractivity contribution is 6.05. The third kappa shape index (κ3) is 4.95. The van der Waals surface area contributed by atoms with Crippen LogP contribution in [0.15, 0.2) is 29.3 Å². The molecule has 0 heterocycles. The average molecular weight is 378 g/mol. The maximum Gasteiger partial charge on any atom is 0.200 e. The van der Waals surface area contributed by atoms with Crippen LogP contribution in [0.1, 0.15) is 65.5 Å². The normalized spacial score (nSPS) is 14.6. The molecule has 3 nitrogen and oxygen atoms in total. The zero-order chi connectivity index (χ0) is 20.3. The van der Waals surface area contributed by atoms with Crippen LogP contribution in [0.4, 0.5) is 11.4 Å². The first-order valence-electron chi connectivity index (χ1n) is 10.6. The summed E-state index contributed by atoms with van der Waals surface area (Å²) in [6, 6.07) is 9.33. The first kappa shape index (κ1) is 20.4. The largest absolute Gasteiger partial charge is 0.326 e. The molecule has 0 bridgehead atoms. The molecular formula is C25H35N3. The van der Waals surface area contributed by atoms with E-state index in [2.05, 4.69) is 76.4 Å². The Morgan fingerprint density at radius 2 is 1.07 bits per heavy atom. The summed E-state index contributed by atoms with van der Waals surface area (Å²) in [6.45, 7) is 13.0. The van der Waals surface area contributed by atoms with Crippen LogP contribution in [0.25, 0.3) is 0 Å². The molecule has 0 aromatic heterocycles. The summed E-state index contributed by atoms with van der Waals surface area (Å²) in [5.74, 6) is 0.872. The predicted molar refractivity (Wildman–Crippen MR) is 123 cm³/mol. The van der Waals surface area contributed by atoms with Crippen molar-refractivity contribution in [1.29, 1.82) is 0 Å². The molecule has 1 fully saturated rings. The topological polar surface area (TPSA) is 36.4 Å². The Kier molecular flexibility index (Phi) is 6.43. The first-order valence-corrected chi connectivity index (χ1v) is 10.6. The number of guanidine groups is 1. The second-order valence-corrected chi connectivity index (χ2v) is 8.57. The van der Waals surface area contributed by atoms with Crippen LogP contribution in [0.5, 0.6) is 0 Å². The molecule has 1 aliphatic carbocycles. The van der Waals surface area contributed by atoms with Crippen molar-refractivity contribution in [1.82, 2.24) is 0 Å². The fraction of sp³-hybridized carbons (Fsp3) is 0.480. The summed E-state index contributed by atoms with van der Waals surface area (Å²) in [7, 11) is 0. The van der Waals surface area contributed by atoms with Crippen LogP contribution in [0.2, 0.25) is 0 Å². The zero-order valence-electron chi connectivity index (χ0n) is 18.4. The van der Waals surface area contributed by atoms with Crippen molar-refractivity contribution in [2.75, 3.05) is 10.6 Å². The second kappa shape index (κ2) is 8.81. The highest BCUT2D eigenvalue weighted by Gasteiger charge is 2.16. The molecule has 2 aromatic rings. The van der Waals surface area contributed by atoms with Crippen molar-refractivity contribution in [2.24, 2.45) is 4.99 Å². The molecule has 28 heavy (non-hydrogen) atoms.